The molecule has 0 unspecified atom stereocenters. The lowest BCUT2D eigenvalue weighted by Gasteiger charge is -2.27. The van der Waals surface area contributed by atoms with E-state index in [0.29, 0.717) is 0 Å². The van der Waals surface area contributed by atoms with Crippen LogP contribution in [-0.2, 0) is 0 Å². The van der Waals surface area contributed by atoms with Gasteiger partial charge in [-0.3, -0.25) is 0 Å². The molecule has 0 saturated heterocycles. The molecule has 0 aromatic heterocycles. The number of hydrogen-bond donors (Lipinski definition) is 0. The molecule has 9 aromatic rings. The molecular weight excluding hydrogens is 735 g/mol. The van der Waals surface area contributed by atoms with Crippen LogP contribution in [-0.4, -0.2) is 0 Å². The molecule has 0 atom stereocenters. The molecule has 0 amide bonds. The fourth-order valence-electron chi connectivity index (χ4n) is 8.06. The number of nitrogens with zero attached hydrogens (tertiary/aromatic N) is 1. The maximum Gasteiger partial charge on any atom is 0.0468 e. The van der Waals surface area contributed by atoms with Crippen molar-refractivity contribution in [1.29, 1.82) is 0 Å². The van der Waals surface area contributed by atoms with Crippen molar-refractivity contribution in [3.05, 3.63) is 267 Å². The van der Waals surface area contributed by atoms with E-state index in [0.717, 1.165) is 50.5 Å². The number of benzene rings is 9. The minimum atomic E-state index is 1.04. The summed E-state index contributed by atoms with van der Waals surface area (Å²) in [5, 5.41) is 0. The van der Waals surface area contributed by atoms with E-state index in [2.05, 4.69) is 249 Å². The summed E-state index contributed by atoms with van der Waals surface area (Å²) in [4.78, 5) is 2.36. The second kappa shape index (κ2) is 17.9. The Morgan fingerprint density at radius 2 is 0.639 bits per heavy atom. The molecule has 0 aliphatic heterocycles. The van der Waals surface area contributed by atoms with E-state index in [4.69, 9.17) is 0 Å². The number of rotatable bonds is 12. The quantitative estimate of drug-likeness (QED) is 0.112. The van der Waals surface area contributed by atoms with E-state index in [9.17, 15) is 0 Å². The van der Waals surface area contributed by atoms with E-state index in [1.54, 1.807) is 6.08 Å². The van der Waals surface area contributed by atoms with Crippen LogP contribution in [0.25, 0.3) is 72.3 Å². The molecule has 0 saturated carbocycles. The average molecular weight is 780 g/mol. The van der Waals surface area contributed by atoms with E-state index in [1.807, 2.05) is 12.2 Å². The van der Waals surface area contributed by atoms with Crippen molar-refractivity contribution in [2.24, 2.45) is 0 Å². The van der Waals surface area contributed by atoms with Gasteiger partial charge in [0, 0.05) is 17.1 Å². The van der Waals surface area contributed by atoms with Crippen LogP contribution in [0.1, 0.15) is 5.56 Å². The van der Waals surface area contributed by atoms with Crippen molar-refractivity contribution in [2.75, 3.05) is 4.90 Å². The first-order chi connectivity index (χ1) is 30.1. The van der Waals surface area contributed by atoms with Gasteiger partial charge in [0.05, 0.1) is 0 Å². The summed E-state index contributed by atoms with van der Waals surface area (Å²) in [6, 6.07) is 82.8. The zero-order valence-corrected chi connectivity index (χ0v) is 34.0. The van der Waals surface area contributed by atoms with Crippen molar-refractivity contribution in [2.45, 2.75) is 0 Å². The molecule has 0 radical (unpaired) electrons. The monoisotopic (exact) mass is 779 g/mol. The molecule has 1 nitrogen and oxygen atoms in total. The van der Waals surface area contributed by atoms with Crippen molar-refractivity contribution < 1.29 is 0 Å². The van der Waals surface area contributed by atoms with Gasteiger partial charge in [0.15, 0.2) is 0 Å². The summed E-state index contributed by atoms with van der Waals surface area (Å²) >= 11 is 0. The van der Waals surface area contributed by atoms with Crippen molar-refractivity contribution >= 4 is 22.6 Å². The SMILES string of the molecule is C=C/C=C(\C=C)c1ccc(-c2ccc(N(c3ccc(-c4ccc(-c5ccccc5)cc4)cc3)c3ccc(-c4ccc(-c5ccccc5)cc4)cc3)cc2-c2ccccc2)cc1. The summed E-state index contributed by atoms with van der Waals surface area (Å²) in [5.74, 6) is 0. The number of anilines is 3. The minimum Gasteiger partial charge on any atom is -0.310 e. The molecule has 1 heteroatoms. The molecule has 61 heavy (non-hydrogen) atoms. The van der Waals surface area contributed by atoms with Crippen LogP contribution >= 0.6 is 0 Å². The Morgan fingerprint density at radius 1 is 0.311 bits per heavy atom. The Morgan fingerprint density at radius 3 is 1.03 bits per heavy atom. The molecule has 0 spiro atoms. The van der Waals surface area contributed by atoms with Gasteiger partial charge < -0.3 is 4.90 Å². The highest BCUT2D eigenvalue weighted by Crippen LogP contribution is 2.42. The molecule has 0 fully saturated rings. The normalized spacial score (nSPS) is 11.2. The minimum absolute atomic E-state index is 1.04. The van der Waals surface area contributed by atoms with Gasteiger partial charge >= 0.3 is 0 Å². The standard InChI is InChI=1S/C60H45N/c1-3-14-44(4-2)47-29-31-55(32-30-47)59-42-41-58(43-60(59)54-19-12-7-13-20-54)61(56-37-33-52(34-38-56)50-25-21-48(22-26-50)45-15-8-5-9-16-45)57-39-35-53(36-40-57)51-27-23-49(24-28-51)46-17-10-6-11-18-46/h3-43H,1-2H2/b44-14+. The number of hydrogen-bond acceptors (Lipinski definition) is 1. The topological polar surface area (TPSA) is 3.24 Å². The zero-order valence-electron chi connectivity index (χ0n) is 34.0. The predicted molar refractivity (Wildman–Crippen MR) is 262 cm³/mol. The van der Waals surface area contributed by atoms with E-state index < -0.39 is 0 Å². The lowest BCUT2D eigenvalue weighted by atomic mass is 9.92. The van der Waals surface area contributed by atoms with Gasteiger partial charge in [-0.2, -0.15) is 0 Å². The van der Waals surface area contributed by atoms with Crippen LogP contribution in [0.5, 0.6) is 0 Å². The average Bonchev–Trinajstić information content (AvgIpc) is 3.35. The molecule has 0 heterocycles. The summed E-state index contributed by atoms with van der Waals surface area (Å²) in [5.41, 5.74) is 19.6. The largest absolute Gasteiger partial charge is 0.310 e. The summed E-state index contributed by atoms with van der Waals surface area (Å²) in [6.07, 6.45) is 5.66. The Balaban J connectivity index is 1.10. The highest BCUT2D eigenvalue weighted by atomic mass is 15.1. The molecule has 9 rings (SSSR count). The highest BCUT2D eigenvalue weighted by molar-refractivity contribution is 5.90. The van der Waals surface area contributed by atoms with Crippen molar-refractivity contribution in [3.63, 3.8) is 0 Å². The number of allylic oxidation sites excluding steroid dienone is 4. The smallest absolute Gasteiger partial charge is 0.0468 e. The van der Waals surface area contributed by atoms with Crippen LogP contribution < -0.4 is 4.90 Å². The van der Waals surface area contributed by atoms with Gasteiger partial charge in [-0.25, -0.2) is 0 Å². The first-order valence-corrected chi connectivity index (χ1v) is 20.7. The van der Waals surface area contributed by atoms with E-state index in [1.165, 1.54) is 44.5 Å². The Kier molecular flexibility index (Phi) is 11.3. The predicted octanol–water partition coefficient (Wildman–Crippen LogP) is 16.9. The van der Waals surface area contributed by atoms with Gasteiger partial charge in [0.1, 0.15) is 0 Å². The lowest BCUT2D eigenvalue weighted by Crippen LogP contribution is -2.10. The second-order valence-electron chi connectivity index (χ2n) is 15.1. The highest BCUT2D eigenvalue weighted by Gasteiger charge is 2.17. The fraction of sp³-hybridized carbons (Fsp3) is 0. The van der Waals surface area contributed by atoms with Crippen molar-refractivity contribution in [3.8, 4) is 66.8 Å². The third-order valence-corrected chi connectivity index (χ3v) is 11.3. The molecule has 9 aromatic carbocycles. The van der Waals surface area contributed by atoms with Gasteiger partial charge in [-0.05, 0) is 114 Å². The molecule has 0 bridgehead atoms. The zero-order chi connectivity index (χ0) is 41.4. The second-order valence-corrected chi connectivity index (χ2v) is 15.1. The van der Waals surface area contributed by atoms with Crippen LogP contribution in [0.15, 0.2) is 262 Å². The van der Waals surface area contributed by atoms with E-state index in [-0.39, 0.29) is 0 Å². The van der Waals surface area contributed by atoms with Gasteiger partial charge in [0.25, 0.3) is 0 Å². The van der Waals surface area contributed by atoms with Crippen molar-refractivity contribution in [1.82, 2.24) is 0 Å². The molecular formula is C60H45N. The summed E-state index contributed by atoms with van der Waals surface area (Å²) in [6.45, 7) is 7.90. The van der Waals surface area contributed by atoms with Gasteiger partial charge in [-0.1, -0.05) is 226 Å². The van der Waals surface area contributed by atoms with Crippen LogP contribution in [0, 0.1) is 0 Å². The maximum atomic E-state index is 4.01. The lowest BCUT2D eigenvalue weighted by molar-refractivity contribution is 1.28. The Labute approximate surface area is 360 Å². The summed E-state index contributed by atoms with van der Waals surface area (Å²) in [7, 11) is 0. The Hall–Kier alpha value is -8.00. The third-order valence-electron chi connectivity index (χ3n) is 11.3. The summed E-state index contributed by atoms with van der Waals surface area (Å²) < 4.78 is 0. The molecule has 0 aliphatic rings. The van der Waals surface area contributed by atoms with Crippen LogP contribution in [0.2, 0.25) is 0 Å². The Bertz CT molecular complexity index is 2780. The van der Waals surface area contributed by atoms with Crippen LogP contribution in [0.3, 0.4) is 0 Å². The van der Waals surface area contributed by atoms with Crippen LogP contribution in [0.4, 0.5) is 17.1 Å². The fourth-order valence-corrected chi connectivity index (χ4v) is 8.06. The maximum absolute atomic E-state index is 4.01. The van der Waals surface area contributed by atoms with E-state index >= 15 is 0 Å². The molecule has 290 valence electrons. The molecule has 0 aliphatic carbocycles. The first-order valence-electron chi connectivity index (χ1n) is 20.7. The van der Waals surface area contributed by atoms with Gasteiger partial charge in [0.2, 0.25) is 0 Å². The van der Waals surface area contributed by atoms with Gasteiger partial charge in [-0.15, -0.1) is 0 Å². The third kappa shape index (κ3) is 8.45. The molecule has 0 N–H and O–H groups in total. The first kappa shape index (κ1) is 38.5.